The molecule has 0 unspecified atom stereocenters. The van der Waals surface area contributed by atoms with Gasteiger partial charge in [0.15, 0.2) is 0 Å². The van der Waals surface area contributed by atoms with Crippen molar-refractivity contribution in [3.05, 3.63) is 11.3 Å². The van der Waals surface area contributed by atoms with Crippen LogP contribution in [0.5, 0.6) is 0 Å². The Labute approximate surface area is 140 Å². The molecule has 2 fully saturated rings. The van der Waals surface area contributed by atoms with Crippen LogP contribution in [0.1, 0.15) is 46.5 Å². The summed E-state index contributed by atoms with van der Waals surface area (Å²) in [6, 6.07) is 2.08. The number of hydrogen-bond donors (Lipinski definition) is 2. The van der Waals surface area contributed by atoms with E-state index in [0.717, 1.165) is 30.6 Å². The first kappa shape index (κ1) is 18.9. The summed E-state index contributed by atoms with van der Waals surface area (Å²) in [6.07, 6.45) is 5.10. The fourth-order valence-corrected chi connectivity index (χ4v) is 2.98. The first-order valence-electron chi connectivity index (χ1n) is 8.32. The zero-order valence-electron chi connectivity index (χ0n) is 14.2. The van der Waals surface area contributed by atoms with Crippen molar-refractivity contribution in [1.29, 1.82) is 5.26 Å². The monoisotopic (exact) mass is 322 g/mol. The quantitative estimate of drug-likeness (QED) is 0.465. The molecule has 5 heteroatoms. The fourth-order valence-electron chi connectivity index (χ4n) is 2.78. The zero-order valence-corrected chi connectivity index (χ0v) is 15.0. The number of allylic oxidation sites excluding steroid dienone is 1. The molecule has 0 amide bonds. The third kappa shape index (κ3) is 6.33. The summed E-state index contributed by atoms with van der Waals surface area (Å²) in [6.45, 7) is 11.0. The molecule has 0 bridgehead atoms. The van der Waals surface area contributed by atoms with E-state index in [4.69, 9.17) is 23.2 Å². The van der Waals surface area contributed by atoms with Crippen molar-refractivity contribution in [1.82, 2.24) is 10.2 Å². The molecule has 2 saturated heterocycles. The summed E-state index contributed by atoms with van der Waals surface area (Å²) < 4.78 is 0. The summed E-state index contributed by atoms with van der Waals surface area (Å²) in [4.78, 5) is 2.41. The maximum atomic E-state index is 8.95. The van der Waals surface area contributed by atoms with Crippen LogP contribution in [0, 0.1) is 23.2 Å². The summed E-state index contributed by atoms with van der Waals surface area (Å²) in [5.41, 5.74) is 6.89. The van der Waals surface area contributed by atoms with Gasteiger partial charge in [-0.05, 0) is 57.5 Å². The SMILES string of the molecule is C/C(=C(\C#N)C(N)=S)N1CCC(C)CC1.CC1CCNCC1. The largest absolute Gasteiger partial charge is 0.389 e. The van der Waals surface area contributed by atoms with Gasteiger partial charge in [0.1, 0.15) is 16.6 Å². The predicted molar refractivity (Wildman–Crippen MR) is 96.3 cm³/mol. The molecular formula is C17H30N4S. The summed E-state index contributed by atoms with van der Waals surface area (Å²) >= 11 is 4.86. The van der Waals surface area contributed by atoms with E-state index in [-0.39, 0.29) is 4.99 Å². The summed E-state index contributed by atoms with van der Waals surface area (Å²) in [5.74, 6) is 1.76. The number of hydrogen-bond acceptors (Lipinski definition) is 4. The molecule has 2 heterocycles. The highest BCUT2D eigenvalue weighted by molar-refractivity contribution is 7.80. The minimum atomic E-state index is 0.202. The van der Waals surface area contributed by atoms with Crippen molar-refractivity contribution in [2.24, 2.45) is 17.6 Å². The second-order valence-electron chi connectivity index (χ2n) is 6.54. The molecule has 2 aliphatic heterocycles. The second kappa shape index (κ2) is 9.81. The lowest BCUT2D eigenvalue weighted by atomic mass is 9.98. The van der Waals surface area contributed by atoms with Crippen molar-refractivity contribution in [2.75, 3.05) is 26.2 Å². The molecule has 0 radical (unpaired) electrons. The molecule has 0 aromatic heterocycles. The van der Waals surface area contributed by atoms with Gasteiger partial charge in [0, 0.05) is 18.8 Å². The van der Waals surface area contributed by atoms with Crippen LogP contribution >= 0.6 is 12.2 Å². The highest BCUT2D eigenvalue weighted by Gasteiger charge is 2.18. The van der Waals surface area contributed by atoms with Gasteiger partial charge in [-0.2, -0.15) is 5.26 Å². The Bertz CT molecular complexity index is 424. The maximum Gasteiger partial charge on any atom is 0.116 e. The molecule has 22 heavy (non-hydrogen) atoms. The standard InChI is InChI=1S/C11H17N3S.C6H13N/c1-8-3-5-14(6-4-8)9(2)10(7-12)11(13)15;1-6-2-4-7-5-3-6/h8H,3-6H2,1-2H3,(H2,13,15);6-7H,2-5H2,1H3/b10-9-;. The van der Waals surface area contributed by atoms with Gasteiger partial charge in [-0.25, -0.2) is 0 Å². The van der Waals surface area contributed by atoms with Gasteiger partial charge in [0.05, 0.1) is 0 Å². The Balaban J connectivity index is 0.000000287. The molecular weight excluding hydrogens is 292 g/mol. The molecule has 4 nitrogen and oxygen atoms in total. The Morgan fingerprint density at radius 2 is 1.64 bits per heavy atom. The van der Waals surface area contributed by atoms with Crippen LogP contribution in [0.15, 0.2) is 11.3 Å². The molecule has 0 spiro atoms. The Kier molecular flexibility index (Phi) is 8.44. The van der Waals surface area contributed by atoms with Crippen molar-refractivity contribution in [3.8, 4) is 6.07 Å². The van der Waals surface area contributed by atoms with Crippen LogP contribution in [-0.4, -0.2) is 36.1 Å². The number of nitrogens with two attached hydrogens (primary N) is 1. The van der Waals surface area contributed by atoms with Crippen molar-refractivity contribution in [3.63, 3.8) is 0 Å². The molecule has 0 aliphatic carbocycles. The number of nitrogens with zero attached hydrogens (tertiary/aromatic N) is 2. The lowest BCUT2D eigenvalue weighted by molar-refractivity contribution is 0.237. The maximum absolute atomic E-state index is 8.95. The van der Waals surface area contributed by atoms with E-state index in [9.17, 15) is 0 Å². The smallest absolute Gasteiger partial charge is 0.116 e. The summed E-state index contributed by atoms with van der Waals surface area (Å²) in [5, 5.41) is 12.3. The number of nitriles is 1. The van der Waals surface area contributed by atoms with Gasteiger partial charge >= 0.3 is 0 Å². The van der Waals surface area contributed by atoms with Crippen LogP contribution in [0.3, 0.4) is 0 Å². The van der Waals surface area contributed by atoms with Gasteiger partial charge in [0.25, 0.3) is 0 Å². The van der Waals surface area contributed by atoms with Crippen LogP contribution in [0.25, 0.3) is 0 Å². The molecule has 0 aromatic carbocycles. The van der Waals surface area contributed by atoms with Crippen molar-refractivity contribution < 1.29 is 0 Å². The highest BCUT2D eigenvalue weighted by atomic mass is 32.1. The lowest BCUT2D eigenvalue weighted by Crippen LogP contribution is -2.33. The molecule has 3 N–H and O–H groups in total. The highest BCUT2D eigenvalue weighted by Crippen LogP contribution is 2.21. The van der Waals surface area contributed by atoms with E-state index in [1.807, 2.05) is 6.92 Å². The van der Waals surface area contributed by atoms with Crippen LogP contribution < -0.4 is 11.1 Å². The molecule has 0 saturated carbocycles. The topological polar surface area (TPSA) is 65.1 Å². The number of thiocarbonyl (C=S) groups is 1. The van der Waals surface area contributed by atoms with Gasteiger partial charge < -0.3 is 16.0 Å². The van der Waals surface area contributed by atoms with E-state index in [0.29, 0.717) is 5.57 Å². The third-order valence-corrected chi connectivity index (χ3v) is 4.81. The normalized spacial score (nSPS) is 21.3. The molecule has 124 valence electrons. The minimum Gasteiger partial charge on any atom is -0.389 e. The molecule has 2 aliphatic rings. The van der Waals surface area contributed by atoms with Gasteiger partial charge in [-0.15, -0.1) is 0 Å². The first-order valence-corrected chi connectivity index (χ1v) is 8.73. The van der Waals surface area contributed by atoms with E-state index in [1.54, 1.807) is 0 Å². The number of piperidine rings is 2. The first-order chi connectivity index (χ1) is 10.5. The average molecular weight is 323 g/mol. The molecule has 2 rings (SSSR count). The Morgan fingerprint density at radius 1 is 1.14 bits per heavy atom. The second-order valence-corrected chi connectivity index (χ2v) is 6.98. The van der Waals surface area contributed by atoms with Crippen molar-refractivity contribution in [2.45, 2.75) is 46.5 Å². The van der Waals surface area contributed by atoms with Crippen LogP contribution in [-0.2, 0) is 0 Å². The molecule has 0 aromatic rings. The van der Waals surface area contributed by atoms with E-state index >= 15 is 0 Å². The number of nitrogens with one attached hydrogen (secondary N) is 1. The average Bonchev–Trinajstić information content (AvgIpc) is 2.49. The fraction of sp³-hybridized carbons (Fsp3) is 0.765. The van der Waals surface area contributed by atoms with Gasteiger partial charge in [-0.1, -0.05) is 26.1 Å². The van der Waals surface area contributed by atoms with E-state index < -0.39 is 0 Å². The third-order valence-electron chi connectivity index (χ3n) is 4.61. The van der Waals surface area contributed by atoms with E-state index in [2.05, 4.69) is 30.1 Å². The van der Waals surface area contributed by atoms with Crippen molar-refractivity contribution >= 4 is 17.2 Å². The predicted octanol–water partition coefficient (Wildman–Crippen LogP) is 2.81. The number of rotatable bonds is 2. The Hall–Kier alpha value is -1.12. The zero-order chi connectivity index (χ0) is 16.5. The van der Waals surface area contributed by atoms with E-state index in [1.165, 1.54) is 38.8 Å². The number of likely N-dealkylation sites (tertiary alicyclic amines) is 1. The lowest BCUT2D eigenvalue weighted by Gasteiger charge is -2.33. The van der Waals surface area contributed by atoms with Gasteiger partial charge in [0.2, 0.25) is 0 Å². The molecule has 0 atom stereocenters. The van der Waals surface area contributed by atoms with Gasteiger partial charge in [-0.3, -0.25) is 0 Å². The minimum absolute atomic E-state index is 0.202. The van der Waals surface area contributed by atoms with Crippen LogP contribution in [0.2, 0.25) is 0 Å². The Morgan fingerprint density at radius 3 is 2.00 bits per heavy atom. The van der Waals surface area contributed by atoms with Crippen LogP contribution in [0.4, 0.5) is 0 Å². The summed E-state index contributed by atoms with van der Waals surface area (Å²) in [7, 11) is 0.